The Bertz CT molecular complexity index is 414. The summed E-state index contributed by atoms with van der Waals surface area (Å²) in [5.74, 6) is 1.22. The first kappa shape index (κ1) is 30.3. The SMILES string of the molecule is CCCCC(CC)CCCCCCCCCCCCCOC(=O)CCSCCC(=O)O. The summed E-state index contributed by atoms with van der Waals surface area (Å²) in [5, 5.41) is 8.55. The Kier molecular flexibility index (Phi) is 23.4. The highest BCUT2D eigenvalue weighted by atomic mass is 32.2. The Morgan fingerprint density at radius 1 is 0.742 bits per heavy atom. The normalized spacial score (nSPS) is 12.1. The number of carboxylic acid groups (broad SMARTS) is 1. The number of hydrogen-bond acceptors (Lipinski definition) is 4. The summed E-state index contributed by atoms with van der Waals surface area (Å²) in [7, 11) is 0. The Morgan fingerprint density at radius 2 is 1.26 bits per heavy atom. The summed E-state index contributed by atoms with van der Waals surface area (Å²) in [4.78, 5) is 22.0. The molecule has 5 heteroatoms. The molecule has 0 aromatic heterocycles. The zero-order valence-electron chi connectivity index (χ0n) is 20.5. The van der Waals surface area contributed by atoms with Crippen molar-refractivity contribution in [2.24, 2.45) is 5.92 Å². The van der Waals surface area contributed by atoms with Crippen LogP contribution in [0, 0.1) is 5.92 Å². The fourth-order valence-corrected chi connectivity index (χ4v) is 4.68. The molecule has 1 N–H and O–H groups in total. The van der Waals surface area contributed by atoms with E-state index in [0.29, 0.717) is 24.5 Å². The fourth-order valence-electron chi connectivity index (χ4n) is 3.85. The molecule has 0 aromatic carbocycles. The summed E-state index contributed by atoms with van der Waals surface area (Å²) >= 11 is 1.49. The molecule has 0 bridgehead atoms. The molecule has 31 heavy (non-hydrogen) atoms. The number of thioether (sulfide) groups is 1. The lowest BCUT2D eigenvalue weighted by Gasteiger charge is -2.13. The molecule has 0 heterocycles. The molecule has 1 unspecified atom stereocenters. The van der Waals surface area contributed by atoms with E-state index < -0.39 is 5.97 Å². The van der Waals surface area contributed by atoms with Crippen molar-refractivity contribution in [1.82, 2.24) is 0 Å². The number of carbonyl (C=O) groups is 2. The van der Waals surface area contributed by atoms with E-state index in [1.807, 2.05) is 0 Å². The molecule has 0 saturated carbocycles. The Morgan fingerprint density at radius 3 is 1.81 bits per heavy atom. The van der Waals surface area contributed by atoms with E-state index in [9.17, 15) is 9.59 Å². The molecule has 0 amide bonds. The predicted octanol–water partition coefficient (Wildman–Crippen LogP) is 8.03. The van der Waals surface area contributed by atoms with Gasteiger partial charge in [0.05, 0.1) is 19.4 Å². The molecule has 0 fully saturated rings. The van der Waals surface area contributed by atoms with Gasteiger partial charge in [0.25, 0.3) is 0 Å². The molecule has 0 aliphatic heterocycles. The van der Waals surface area contributed by atoms with Gasteiger partial charge in [0, 0.05) is 11.5 Å². The van der Waals surface area contributed by atoms with E-state index in [0.717, 1.165) is 18.8 Å². The van der Waals surface area contributed by atoms with Crippen molar-refractivity contribution in [3.05, 3.63) is 0 Å². The summed E-state index contributed by atoms with van der Waals surface area (Å²) in [5.41, 5.74) is 0. The fraction of sp³-hybridized carbons (Fsp3) is 0.923. The van der Waals surface area contributed by atoms with E-state index in [1.54, 1.807) is 0 Å². The molecular formula is C26H50O4S. The quantitative estimate of drug-likeness (QED) is 0.117. The van der Waals surface area contributed by atoms with Gasteiger partial charge in [-0.3, -0.25) is 9.59 Å². The topological polar surface area (TPSA) is 63.6 Å². The largest absolute Gasteiger partial charge is 0.481 e. The molecular weight excluding hydrogens is 408 g/mol. The van der Waals surface area contributed by atoms with E-state index in [4.69, 9.17) is 9.84 Å². The second-order valence-electron chi connectivity index (χ2n) is 8.82. The number of carbonyl (C=O) groups excluding carboxylic acids is 1. The number of hydrogen-bond donors (Lipinski definition) is 1. The van der Waals surface area contributed by atoms with Gasteiger partial charge < -0.3 is 9.84 Å². The van der Waals surface area contributed by atoms with Gasteiger partial charge in [0.15, 0.2) is 0 Å². The van der Waals surface area contributed by atoms with Crippen LogP contribution in [-0.2, 0) is 14.3 Å². The smallest absolute Gasteiger partial charge is 0.306 e. The second-order valence-corrected chi connectivity index (χ2v) is 10.0. The van der Waals surface area contributed by atoms with Gasteiger partial charge in [-0.2, -0.15) is 11.8 Å². The average Bonchev–Trinajstić information content (AvgIpc) is 2.75. The third kappa shape index (κ3) is 23.8. The van der Waals surface area contributed by atoms with Gasteiger partial charge in [0.1, 0.15) is 0 Å². The summed E-state index contributed by atoms with van der Waals surface area (Å²) in [6, 6.07) is 0. The van der Waals surface area contributed by atoms with E-state index in [1.165, 1.54) is 102 Å². The Labute approximate surface area is 196 Å². The maximum atomic E-state index is 11.6. The lowest BCUT2D eigenvalue weighted by Crippen LogP contribution is -2.07. The molecule has 0 radical (unpaired) electrons. The minimum absolute atomic E-state index is 0.151. The molecule has 0 aromatic rings. The van der Waals surface area contributed by atoms with Crippen LogP contribution >= 0.6 is 11.8 Å². The summed E-state index contributed by atoms with van der Waals surface area (Å²) in [6.45, 7) is 5.17. The molecule has 184 valence electrons. The number of esters is 1. The number of rotatable bonds is 24. The molecule has 0 spiro atoms. The van der Waals surface area contributed by atoms with Crippen molar-refractivity contribution in [2.45, 2.75) is 129 Å². The third-order valence-corrected chi connectivity index (χ3v) is 6.96. The molecule has 0 saturated heterocycles. The van der Waals surface area contributed by atoms with Gasteiger partial charge in [-0.1, -0.05) is 110 Å². The van der Waals surface area contributed by atoms with E-state index in [2.05, 4.69) is 13.8 Å². The highest BCUT2D eigenvalue weighted by Crippen LogP contribution is 2.20. The lowest BCUT2D eigenvalue weighted by molar-refractivity contribution is -0.143. The maximum Gasteiger partial charge on any atom is 0.306 e. The van der Waals surface area contributed by atoms with Gasteiger partial charge in [-0.25, -0.2) is 0 Å². The minimum atomic E-state index is -0.788. The first-order valence-electron chi connectivity index (χ1n) is 13.0. The number of carboxylic acids is 1. The van der Waals surface area contributed by atoms with Crippen molar-refractivity contribution in [3.8, 4) is 0 Å². The first-order chi connectivity index (χ1) is 15.1. The highest BCUT2D eigenvalue weighted by molar-refractivity contribution is 7.99. The molecule has 0 aliphatic rings. The van der Waals surface area contributed by atoms with Gasteiger partial charge in [0.2, 0.25) is 0 Å². The van der Waals surface area contributed by atoms with Crippen molar-refractivity contribution >= 4 is 23.7 Å². The summed E-state index contributed by atoms with van der Waals surface area (Å²) < 4.78 is 5.23. The van der Waals surface area contributed by atoms with Crippen molar-refractivity contribution in [3.63, 3.8) is 0 Å². The third-order valence-electron chi connectivity index (χ3n) is 5.97. The van der Waals surface area contributed by atoms with Crippen LogP contribution in [0.25, 0.3) is 0 Å². The van der Waals surface area contributed by atoms with Crippen LogP contribution in [-0.4, -0.2) is 35.2 Å². The van der Waals surface area contributed by atoms with Crippen LogP contribution in [0.2, 0.25) is 0 Å². The van der Waals surface area contributed by atoms with Gasteiger partial charge >= 0.3 is 11.9 Å². The standard InChI is InChI=1S/C26H50O4S/c1-3-5-17-24(4-2)18-15-13-11-9-7-6-8-10-12-14-16-21-30-26(29)20-23-31-22-19-25(27)28/h24H,3-23H2,1-2H3,(H,27,28). The highest BCUT2D eigenvalue weighted by Gasteiger charge is 2.05. The lowest BCUT2D eigenvalue weighted by atomic mass is 9.93. The number of ether oxygens (including phenoxy) is 1. The number of aliphatic carboxylic acids is 1. The van der Waals surface area contributed by atoms with E-state index in [-0.39, 0.29) is 12.4 Å². The Balaban J connectivity index is 3.24. The summed E-state index contributed by atoms with van der Waals surface area (Å²) in [6.07, 6.45) is 21.9. The van der Waals surface area contributed by atoms with Crippen molar-refractivity contribution in [2.75, 3.05) is 18.1 Å². The van der Waals surface area contributed by atoms with Gasteiger partial charge in [-0.15, -0.1) is 0 Å². The van der Waals surface area contributed by atoms with Crippen LogP contribution in [0.5, 0.6) is 0 Å². The molecule has 4 nitrogen and oxygen atoms in total. The van der Waals surface area contributed by atoms with E-state index >= 15 is 0 Å². The van der Waals surface area contributed by atoms with Crippen LogP contribution in [0.4, 0.5) is 0 Å². The van der Waals surface area contributed by atoms with Crippen molar-refractivity contribution < 1.29 is 19.4 Å². The van der Waals surface area contributed by atoms with Gasteiger partial charge in [-0.05, 0) is 12.3 Å². The zero-order valence-corrected chi connectivity index (χ0v) is 21.3. The Hall–Kier alpha value is -0.710. The minimum Gasteiger partial charge on any atom is -0.481 e. The predicted molar refractivity (Wildman–Crippen MR) is 134 cm³/mol. The molecule has 1 atom stereocenters. The van der Waals surface area contributed by atoms with Crippen molar-refractivity contribution in [1.29, 1.82) is 0 Å². The number of unbranched alkanes of at least 4 members (excludes halogenated alkanes) is 11. The van der Waals surface area contributed by atoms with Crippen LogP contribution in [0.3, 0.4) is 0 Å². The van der Waals surface area contributed by atoms with Crippen LogP contribution in [0.15, 0.2) is 0 Å². The monoisotopic (exact) mass is 458 g/mol. The second kappa shape index (κ2) is 23.9. The average molecular weight is 459 g/mol. The van der Waals surface area contributed by atoms with Crippen LogP contribution in [0.1, 0.15) is 129 Å². The molecule has 0 rings (SSSR count). The molecule has 0 aliphatic carbocycles. The maximum absolute atomic E-state index is 11.6. The zero-order chi connectivity index (χ0) is 23.0. The van der Waals surface area contributed by atoms with Crippen LogP contribution < -0.4 is 0 Å². The first-order valence-corrected chi connectivity index (χ1v) is 14.2.